The van der Waals surface area contributed by atoms with Crippen LogP contribution in [0.15, 0.2) is 89.5 Å². The lowest BCUT2D eigenvalue weighted by Crippen LogP contribution is -2.40. The molecule has 1 fully saturated rings. The van der Waals surface area contributed by atoms with E-state index < -0.39 is 17.8 Å². The Morgan fingerprint density at radius 3 is 2.40 bits per heavy atom. The highest BCUT2D eigenvalue weighted by Gasteiger charge is 2.34. The summed E-state index contributed by atoms with van der Waals surface area (Å²) < 4.78 is 58.0. The summed E-state index contributed by atoms with van der Waals surface area (Å²) in [5.41, 5.74) is 1.76. The first-order valence-electron chi connectivity index (χ1n) is 14.8. The number of aromatic nitrogens is 1. The van der Waals surface area contributed by atoms with Gasteiger partial charge < -0.3 is 18.9 Å². The number of hydrogen-bond acceptors (Lipinski definition) is 6. The van der Waals surface area contributed by atoms with Crippen molar-refractivity contribution in [1.82, 2.24) is 15.0 Å². The van der Waals surface area contributed by atoms with Gasteiger partial charge in [-0.3, -0.25) is 9.69 Å². The van der Waals surface area contributed by atoms with Gasteiger partial charge in [0.05, 0.1) is 30.3 Å². The van der Waals surface area contributed by atoms with Crippen molar-refractivity contribution < 1.29 is 32.0 Å². The highest BCUT2D eigenvalue weighted by molar-refractivity contribution is 6.32. The lowest BCUT2D eigenvalue weighted by molar-refractivity contribution is -0.138. The van der Waals surface area contributed by atoms with Gasteiger partial charge in [0.25, 0.3) is 5.88 Å². The van der Waals surface area contributed by atoms with E-state index in [1.165, 1.54) is 13.0 Å². The SMILES string of the molecule is CC(=O)N1CCOC(c2cc(OCCCN(Cc3cccc(C(F)(F)F)c3Cl)CC(c3ccccc3)c3ccccc3)no2)C1. The molecule has 238 valence electrons. The van der Waals surface area contributed by atoms with E-state index in [9.17, 15) is 18.0 Å². The lowest BCUT2D eigenvalue weighted by Gasteiger charge is -2.30. The second-order valence-electron chi connectivity index (χ2n) is 11.0. The number of rotatable bonds is 12. The van der Waals surface area contributed by atoms with E-state index in [0.717, 1.165) is 17.2 Å². The molecule has 1 amide bonds. The molecule has 11 heteroatoms. The molecule has 4 aromatic rings. The van der Waals surface area contributed by atoms with Crippen molar-refractivity contribution in [1.29, 1.82) is 0 Å². The second kappa shape index (κ2) is 14.9. The zero-order valence-corrected chi connectivity index (χ0v) is 25.6. The first-order valence-corrected chi connectivity index (χ1v) is 15.2. The maximum Gasteiger partial charge on any atom is 0.417 e. The second-order valence-corrected chi connectivity index (χ2v) is 11.4. The molecule has 0 aliphatic carbocycles. The van der Waals surface area contributed by atoms with Crippen molar-refractivity contribution in [2.75, 3.05) is 39.4 Å². The van der Waals surface area contributed by atoms with E-state index >= 15 is 0 Å². The maximum atomic E-state index is 13.7. The van der Waals surface area contributed by atoms with Gasteiger partial charge in [-0.1, -0.05) is 84.4 Å². The van der Waals surface area contributed by atoms with E-state index in [-0.39, 0.29) is 23.4 Å². The Balaban J connectivity index is 1.29. The monoisotopic (exact) mass is 641 g/mol. The van der Waals surface area contributed by atoms with Crippen LogP contribution in [0.2, 0.25) is 5.02 Å². The van der Waals surface area contributed by atoms with Gasteiger partial charge in [-0.2, -0.15) is 13.2 Å². The first kappa shape index (κ1) is 32.5. The molecule has 1 aromatic heterocycles. The van der Waals surface area contributed by atoms with Crippen LogP contribution in [0.25, 0.3) is 0 Å². The molecule has 7 nitrogen and oxygen atoms in total. The predicted octanol–water partition coefficient (Wildman–Crippen LogP) is 7.37. The highest BCUT2D eigenvalue weighted by Crippen LogP contribution is 2.37. The number of hydrogen-bond donors (Lipinski definition) is 0. The van der Waals surface area contributed by atoms with Crippen molar-refractivity contribution in [2.24, 2.45) is 0 Å². The number of alkyl halides is 3. The quantitative estimate of drug-likeness (QED) is 0.151. The van der Waals surface area contributed by atoms with Crippen LogP contribution in [0.5, 0.6) is 5.88 Å². The molecule has 1 unspecified atom stereocenters. The minimum Gasteiger partial charge on any atom is -0.475 e. The topological polar surface area (TPSA) is 68.0 Å². The van der Waals surface area contributed by atoms with Crippen LogP contribution in [-0.4, -0.2) is 60.3 Å². The molecule has 1 aliphatic rings. The third kappa shape index (κ3) is 8.65. The summed E-state index contributed by atoms with van der Waals surface area (Å²) in [4.78, 5) is 15.6. The van der Waals surface area contributed by atoms with Gasteiger partial charge >= 0.3 is 6.18 Å². The molecule has 1 saturated heterocycles. The van der Waals surface area contributed by atoms with Gasteiger partial charge in [0.1, 0.15) is 6.10 Å². The molecular formula is C34H35ClF3N3O4. The van der Waals surface area contributed by atoms with E-state index in [0.29, 0.717) is 63.0 Å². The number of halogens is 4. The summed E-state index contributed by atoms with van der Waals surface area (Å²) in [5, 5.41) is 3.71. The van der Waals surface area contributed by atoms with Crippen molar-refractivity contribution >= 4 is 17.5 Å². The summed E-state index contributed by atoms with van der Waals surface area (Å²) in [6.45, 7) is 4.41. The third-order valence-corrected chi connectivity index (χ3v) is 8.27. The van der Waals surface area contributed by atoms with Crippen LogP contribution in [0, 0.1) is 0 Å². The summed E-state index contributed by atoms with van der Waals surface area (Å²) in [7, 11) is 0. The molecule has 0 radical (unpaired) electrons. The number of nitrogens with zero attached hydrogens (tertiary/aromatic N) is 3. The fourth-order valence-corrected chi connectivity index (χ4v) is 5.79. The number of morpholine rings is 1. The molecule has 3 aromatic carbocycles. The van der Waals surface area contributed by atoms with E-state index in [1.807, 2.05) is 36.4 Å². The molecule has 0 spiro atoms. The standard InChI is InChI=1S/C34H35ClF3N3O4/c1-24(42)41-17-19-43-31(23-41)30-20-32(39-45-30)44-18-9-16-40(21-27-14-8-15-29(33(27)35)34(36,37)38)22-28(25-10-4-2-5-11-25)26-12-6-3-7-13-26/h2-8,10-15,20,28,31H,9,16-19,21-23H2,1H3. The minimum absolute atomic E-state index is 0.0268. The molecule has 1 aliphatic heterocycles. The maximum absolute atomic E-state index is 13.7. The van der Waals surface area contributed by atoms with Crippen LogP contribution in [-0.2, 0) is 22.3 Å². The minimum atomic E-state index is -4.55. The molecular weight excluding hydrogens is 607 g/mol. The summed E-state index contributed by atoms with van der Waals surface area (Å²) in [5.74, 6) is 0.718. The average molecular weight is 642 g/mol. The van der Waals surface area contributed by atoms with Crippen LogP contribution < -0.4 is 4.74 Å². The van der Waals surface area contributed by atoms with Gasteiger partial charge in [0, 0.05) is 45.1 Å². The molecule has 2 heterocycles. The van der Waals surface area contributed by atoms with Crippen LogP contribution in [0.1, 0.15) is 53.4 Å². The Bertz CT molecular complexity index is 1500. The zero-order valence-electron chi connectivity index (χ0n) is 24.9. The van der Waals surface area contributed by atoms with Gasteiger partial charge in [0.2, 0.25) is 5.91 Å². The van der Waals surface area contributed by atoms with Crippen molar-refractivity contribution in [3.05, 3.63) is 118 Å². The molecule has 0 N–H and O–H groups in total. The Morgan fingerprint density at radius 2 is 1.76 bits per heavy atom. The van der Waals surface area contributed by atoms with Crippen molar-refractivity contribution in [3.8, 4) is 5.88 Å². The van der Waals surface area contributed by atoms with Gasteiger partial charge in [-0.05, 0) is 34.3 Å². The van der Waals surface area contributed by atoms with E-state index in [2.05, 4.69) is 34.3 Å². The van der Waals surface area contributed by atoms with Crippen molar-refractivity contribution in [3.63, 3.8) is 0 Å². The molecule has 45 heavy (non-hydrogen) atoms. The van der Waals surface area contributed by atoms with Crippen LogP contribution in [0.4, 0.5) is 13.2 Å². The largest absolute Gasteiger partial charge is 0.475 e. The first-order chi connectivity index (χ1) is 21.7. The number of ether oxygens (including phenoxy) is 2. The molecule has 0 bridgehead atoms. The Hall–Kier alpha value is -3.86. The van der Waals surface area contributed by atoms with Crippen LogP contribution >= 0.6 is 11.6 Å². The summed E-state index contributed by atoms with van der Waals surface area (Å²) in [6, 6.07) is 25.8. The number of amides is 1. The average Bonchev–Trinajstić information content (AvgIpc) is 3.52. The Kier molecular flexibility index (Phi) is 10.8. The number of carbonyl (C=O) groups excluding carboxylic acids is 1. The third-order valence-electron chi connectivity index (χ3n) is 7.83. The van der Waals surface area contributed by atoms with Gasteiger partial charge in [0.15, 0.2) is 5.76 Å². The number of benzene rings is 3. The van der Waals surface area contributed by atoms with E-state index in [1.54, 1.807) is 17.0 Å². The molecule has 5 rings (SSSR count). The molecule has 1 atom stereocenters. The van der Waals surface area contributed by atoms with Gasteiger partial charge in [-0.15, -0.1) is 0 Å². The van der Waals surface area contributed by atoms with Crippen molar-refractivity contribution in [2.45, 2.75) is 38.1 Å². The smallest absolute Gasteiger partial charge is 0.417 e. The zero-order chi connectivity index (χ0) is 31.8. The van der Waals surface area contributed by atoms with E-state index in [4.69, 9.17) is 25.6 Å². The fraction of sp³-hybridized carbons (Fsp3) is 0.353. The molecule has 0 saturated carbocycles. The normalized spacial score (nSPS) is 15.5. The predicted molar refractivity (Wildman–Crippen MR) is 164 cm³/mol. The number of carbonyl (C=O) groups is 1. The lowest BCUT2D eigenvalue weighted by atomic mass is 9.90. The summed E-state index contributed by atoms with van der Waals surface area (Å²) >= 11 is 6.32. The van der Waals surface area contributed by atoms with Gasteiger partial charge in [-0.25, -0.2) is 0 Å². The Morgan fingerprint density at radius 1 is 1.07 bits per heavy atom. The fourth-order valence-electron chi connectivity index (χ4n) is 5.49. The summed E-state index contributed by atoms with van der Waals surface area (Å²) in [6.07, 6.45) is -4.41. The highest BCUT2D eigenvalue weighted by atomic mass is 35.5. The Labute approximate surface area is 265 Å². The van der Waals surface area contributed by atoms with Crippen LogP contribution in [0.3, 0.4) is 0 Å².